The van der Waals surface area contributed by atoms with Crippen LogP contribution >= 0.6 is 22.6 Å². The summed E-state index contributed by atoms with van der Waals surface area (Å²) in [7, 11) is 0. The van der Waals surface area contributed by atoms with Gasteiger partial charge in [0.1, 0.15) is 5.56 Å². The minimum Gasteiger partial charge on any atom is -0.477 e. The Hall–Kier alpha value is -1.84. The summed E-state index contributed by atoms with van der Waals surface area (Å²) in [6.45, 7) is 3.30. The van der Waals surface area contributed by atoms with Crippen LogP contribution < -0.4 is 5.56 Å². The highest BCUT2D eigenvalue weighted by atomic mass is 127. The normalized spacial score (nSPS) is 11.6. The summed E-state index contributed by atoms with van der Waals surface area (Å²) in [6, 6.07) is 4.26. The number of hydrogen-bond donors (Lipinski definition) is 1. The van der Waals surface area contributed by atoms with Gasteiger partial charge in [0, 0.05) is 15.0 Å². The zero-order chi connectivity index (χ0) is 18.2. The van der Waals surface area contributed by atoms with E-state index in [1.807, 2.05) is 22.6 Å². The number of alkyl halides is 3. The van der Waals surface area contributed by atoms with Gasteiger partial charge >= 0.3 is 12.1 Å². The molecule has 0 radical (unpaired) electrons. The molecule has 0 bridgehead atoms. The molecule has 0 atom stereocenters. The van der Waals surface area contributed by atoms with Gasteiger partial charge in [-0.2, -0.15) is 13.2 Å². The Morgan fingerprint density at radius 2 is 1.96 bits per heavy atom. The molecular weight excluding hydrogens is 438 g/mol. The van der Waals surface area contributed by atoms with E-state index in [2.05, 4.69) is 0 Å². The molecule has 8 heteroatoms. The molecule has 0 saturated heterocycles. The standard InChI is InChI=1S/C16H13F3INO3/c1-3-11-12(15(23)24)14(22)21(8(2)13(11)20)10-6-4-5-9(7-10)16(17,18)19/h4-7H,3H2,1-2H3,(H,23,24). The van der Waals surface area contributed by atoms with E-state index in [0.29, 0.717) is 21.2 Å². The third-order valence-electron chi connectivity index (χ3n) is 3.64. The Labute approximate surface area is 149 Å². The molecule has 128 valence electrons. The van der Waals surface area contributed by atoms with E-state index in [1.54, 1.807) is 13.8 Å². The lowest BCUT2D eigenvalue weighted by Crippen LogP contribution is -2.30. The third-order valence-corrected chi connectivity index (χ3v) is 5.07. The Morgan fingerprint density at radius 3 is 2.46 bits per heavy atom. The smallest absolute Gasteiger partial charge is 0.416 e. The lowest BCUT2D eigenvalue weighted by molar-refractivity contribution is -0.137. The molecule has 0 saturated carbocycles. The van der Waals surface area contributed by atoms with Crippen molar-refractivity contribution in [2.24, 2.45) is 0 Å². The van der Waals surface area contributed by atoms with E-state index in [9.17, 15) is 27.9 Å². The molecule has 0 aliphatic heterocycles. The number of benzene rings is 1. The molecule has 2 rings (SSSR count). The Kier molecular flexibility index (Phi) is 5.07. The summed E-state index contributed by atoms with van der Waals surface area (Å²) < 4.78 is 40.3. The van der Waals surface area contributed by atoms with Crippen molar-refractivity contribution in [3.63, 3.8) is 0 Å². The average Bonchev–Trinajstić information content (AvgIpc) is 2.49. The van der Waals surface area contributed by atoms with Crippen LogP contribution in [0.3, 0.4) is 0 Å². The average molecular weight is 451 g/mol. The number of aromatic nitrogens is 1. The van der Waals surface area contributed by atoms with Crippen LogP contribution in [-0.4, -0.2) is 15.6 Å². The van der Waals surface area contributed by atoms with E-state index < -0.39 is 28.8 Å². The van der Waals surface area contributed by atoms with Crippen LogP contribution in [-0.2, 0) is 12.6 Å². The molecule has 0 fully saturated rings. The van der Waals surface area contributed by atoms with Gasteiger partial charge in [-0.3, -0.25) is 9.36 Å². The van der Waals surface area contributed by atoms with E-state index in [-0.39, 0.29) is 5.69 Å². The van der Waals surface area contributed by atoms with E-state index in [4.69, 9.17) is 0 Å². The second-order valence-electron chi connectivity index (χ2n) is 5.10. The molecule has 4 nitrogen and oxygen atoms in total. The number of aromatic carboxylic acids is 1. The number of nitrogens with zero attached hydrogens (tertiary/aromatic N) is 1. The molecule has 2 aromatic rings. The number of carbonyl (C=O) groups is 1. The summed E-state index contributed by atoms with van der Waals surface area (Å²) in [6.07, 6.45) is -4.22. The summed E-state index contributed by atoms with van der Waals surface area (Å²) in [5.74, 6) is -1.39. The number of hydrogen-bond acceptors (Lipinski definition) is 2. The lowest BCUT2D eigenvalue weighted by Gasteiger charge is -2.17. The lowest BCUT2D eigenvalue weighted by atomic mass is 10.1. The predicted octanol–water partition coefficient (Wildman–Crippen LogP) is 4.03. The number of rotatable bonds is 3. The molecule has 0 amide bonds. The van der Waals surface area contributed by atoms with Crippen molar-refractivity contribution < 1.29 is 23.1 Å². The summed E-state index contributed by atoms with van der Waals surface area (Å²) in [5, 5.41) is 9.35. The SMILES string of the molecule is CCc1c(I)c(C)n(-c2cccc(C(F)(F)F)c2)c(=O)c1C(=O)O. The maximum absolute atomic E-state index is 12.9. The van der Waals surface area contributed by atoms with Crippen LogP contribution in [0.25, 0.3) is 5.69 Å². The fourth-order valence-corrected chi connectivity index (χ4v) is 3.40. The zero-order valence-corrected chi connectivity index (χ0v) is 14.9. The minimum absolute atomic E-state index is 0.0182. The largest absolute Gasteiger partial charge is 0.477 e. The minimum atomic E-state index is -4.56. The molecule has 1 N–H and O–H groups in total. The maximum Gasteiger partial charge on any atom is 0.416 e. The molecule has 0 unspecified atom stereocenters. The van der Waals surface area contributed by atoms with Crippen molar-refractivity contribution in [2.75, 3.05) is 0 Å². The van der Waals surface area contributed by atoms with Gasteiger partial charge < -0.3 is 5.11 Å². The fourth-order valence-electron chi connectivity index (χ4n) is 2.50. The van der Waals surface area contributed by atoms with Gasteiger partial charge in [-0.1, -0.05) is 13.0 Å². The predicted molar refractivity (Wildman–Crippen MR) is 90.8 cm³/mol. The van der Waals surface area contributed by atoms with Crippen molar-refractivity contribution in [3.05, 3.63) is 60.6 Å². The Bertz CT molecular complexity index is 872. The van der Waals surface area contributed by atoms with E-state index >= 15 is 0 Å². The van der Waals surface area contributed by atoms with Crippen LogP contribution in [0, 0.1) is 10.5 Å². The van der Waals surface area contributed by atoms with Gasteiger partial charge in [0.25, 0.3) is 5.56 Å². The number of carboxylic acids is 1. The van der Waals surface area contributed by atoms with Crippen LogP contribution in [0.1, 0.15) is 34.1 Å². The molecule has 24 heavy (non-hydrogen) atoms. The molecular formula is C16H13F3INO3. The van der Waals surface area contributed by atoms with Crippen molar-refractivity contribution in [1.82, 2.24) is 4.57 Å². The molecule has 0 aliphatic carbocycles. The monoisotopic (exact) mass is 451 g/mol. The van der Waals surface area contributed by atoms with Gasteiger partial charge in [-0.05, 0) is 59.7 Å². The van der Waals surface area contributed by atoms with Gasteiger partial charge in [-0.25, -0.2) is 4.79 Å². The van der Waals surface area contributed by atoms with Crippen molar-refractivity contribution >= 4 is 28.6 Å². The fraction of sp³-hybridized carbons (Fsp3) is 0.250. The van der Waals surface area contributed by atoms with Gasteiger partial charge in [0.15, 0.2) is 0 Å². The van der Waals surface area contributed by atoms with Gasteiger partial charge in [0.05, 0.1) is 5.56 Å². The van der Waals surface area contributed by atoms with Crippen molar-refractivity contribution in [3.8, 4) is 5.69 Å². The second kappa shape index (κ2) is 6.58. The second-order valence-corrected chi connectivity index (χ2v) is 6.18. The molecule has 1 aromatic heterocycles. The van der Waals surface area contributed by atoms with Crippen molar-refractivity contribution in [2.45, 2.75) is 26.4 Å². The topological polar surface area (TPSA) is 59.3 Å². The highest BCUT2D eigenvalue weighted by molar-refractivity contribution is 14.1. The first kappa shape index (κ1) is 18.5. The molecule has 0 aliphatic rings. The van der Waals surface area contributed by atoms with Crippen LogP contribution in [0.2, 0.25) is 0 Å². The molecule has 0 spiro atoms. The van der Waals surface area contributed by atoms with Crippen LogP contribution in [0.15, 0.2) is 29.1 Å². The maximum atomic E-state index is 12.9. The van der Waals surface area contributed by atoms with Gasteiger partial charge in [-0.15, -0.1) is 0 Å². The number of pyridine rings is 1. The molecule has 1 heterocycles. The van der Waals surface area contributed by atoms with E-state index in [1.165, 1.54) is 12.1 Å². The van der Waals surface area contributed by atoms with Crippen LogP contribution in [0.4, 0.5) is 13.2 Å². The first-order valence-electron chi connectivity index (χ1n) is 6.94. The summed E-state index contributed by atoms with van der Waals surface area (Å²) in [5.41, 5.74) is -1.38. The van der Waals surface area contributed by atoms with Gasteiger partial charge in [0.2, 0.25) is 0 Å². The number of carboxylic acid groups (broad SMARTS) is 1. The summed E-state index contributed by atoms with van der Waals surface area (Å²) in [4.78, 5) is 24.1. The Morgan fingerprint density at radius 1 is 1.33 bits per heavy atom. The first-order chi connectivity index (χ1) is 11.1. The zero-order valence-electron chi connectivity index (χ0n) is 12.7. The first-order valence-corrected chi connectivity index (χ1v) is 8.02. The Balaban J connectivity index is 2.86. The van der Waals surface area contributed by atoms with Crippen molar-refractivity contribution in [1.29, 1.82) is 0 Å². The third kappa shape index (κ3) is 3.19. The quantitative estimate of drug-likeness (QED) is 0.718. The summed E-state index contributed by atoms with van der Waals surface area (Å²) >= 11 is 1.91. The number of halogens is 4. The van der Waals surface area contributed by atoms with Crippen LogP contribution in [0.5, 0.6) is 0 Å². The molecule has 1 aromatic carbocycles. The van der Waals surface area contributed by atoms with E-state index in [0.717, 1.165) is 16.7 Å². The highest BCUT2D eigenvalue weighted by Crippen LogP contribution is 2.31. The highest BCUT2D eigenvalue weighted by Gasteiger charge is 2.31.